The summed E-state index contributed by atoms with van der Waals surface area (Å²) in [5, 5.41) is 32.3. The monoisotopic (exact) mass is 393 g/mol. The lowest BCUT2D eigenvalue weighted by Crippen LogP contribution is -2.28. The number of carbonyl (C=O) groups is 1. The van der Waals surface area contributed by atoms with Gasteiger partial charge in [0.2, 0.25) is 17.5 Å². The van der Waals surface area contributed by atoms with Crippen LogP contribution in [0.15, 0.2) is 26.8 Å². The van der Waals surface area contributed by atoms with E-state index in [4.69, 9.17) is 4.74 Å². The second-order valence-electron chi connectivity index (χ2n) is 5.17. The van der Waals surface area contributed by atoms with Gasteiger partial charge in [-0.2, -0.15) is 5.10 Å². The van der Waals surface area contributed by atoms with Gasteiger partial charge in [-0.3, -0.25) is 24.7 Å². The van der Waals surface area contributed by atoms with Gasteiger partial charge in [0.1, 0.15) is 0 Å². The zero-order valence-electron chi connectivity index (χ0n) is 14.4. The minimum Gasteiger partial charge on any atom is -0.500 e. The number of phenols is 1. The summed E-state index contributed by atoms with van der Waals surface area (Å²) >= 11 is 0. The fourth-order valence-corrected chi connectivity index (χ4v) is 1.98. The molecule has 1 aromatic carbocycles. The van der Waals surface area contributed by atoms with Crippen molar-refractivity contribution in [1.82, 2.24) is 20.6 Å². The first-order valence-electron chi connectivity index (χ1n) is 7.62. The molecule has 0 unspecified atom stereocenters. The standard InChI is InChI=1S/C14H15N7O7/c1-28-9-5-7(4-8(11(9)23)21(26)27)6-16-18-10(22)2-3-15-12-13(24)17-14(25)20-19-12/h4-6,23H,2-3H2,1H3,(H,15,19)(H,18,22)(H2,17,20,24,25)/b16-6+. The zero-order chi connectivity index (χ0) is 20.7. The fourth-order valence-electron chi connectivity index (χ4n) is 1.98. The van der Waals surface area contributed by atoms with Crippen molar-refractivity contribution in [2.24, 2.45) is 5.10 Å². The summed E-state index contributed by atoms with van der Waals surface area (Å²) in [5.74, 6) is -1.42. The second kappa shape index (κ2) is 8.93. The molecule has 2 rings (SSSR count). The van der Waals surface area contributed by atoms with E-state index in [2.05, 4.69) is 20.9 Å². The van der Waals surface area contributed by atoms with Crippen LogP contribution in [0.5, 0.6) is 11.5 Å². The number of phenolic OH excluding ortho intramolecular Hbond substituents is 1. The summed E-state index contributed by atoms with van der Waals surface area (Å²) in [7, 11) is 1.23. The van der Waals surface area contributed by atoms with Crippen molar-refractivity contribution in [2.75, 3.05) is 19.0 Å². The second-order valence-corrected chi connectivity index (χ2v) is 5.17. The lowest BCUT2D eigenvalue weighted by Gasteiger charge is -2.05. The third-order valence-electron chi connectivity index (χ3n) is 3.25. The number of nitrogens with one attached hydrogen (secondary N) is 4. The summed E-state index contributed by atoms with van der Waals surface area (Å²) in [6, 6.07) is 2.36. The Balaban J connectivity index is 1.92. The van der Waals surface area contributed by atoms with Crippen molar-refractivity contribution in [3.8, 4) is 11.5 Å². The molecule has 0 radical (unpaired) electrons. The van der Waals surface area contributed by atoms with Crippen LogP contribution in [0.2, 0.25) is 0 Å². The third kappa shape index (κ3) is 5.13. The molecule has 0 saturated heterocycles. The van der Waals surface area contributed by atoms with Crippen molar-refractivity contribution in [1.29, 1.82) is 0 Å². The van der Waals surface area contributed by atoms with E-state index in [1.54, 1.807) is 0 Å². The number of amides is 1. The average Bonchev–Trinajstić information content (AvgIpc) is 2.64. The number of aromatic hydroxyl groups is 1. The van der Waals surface area contributed by atoms with Gasteiger partial charge in [-0.05, 0) is 6.07 Å². The van der Waals surface area contributed by atoms with Crippen LogP contribution in [0.25, 0.3) is 0 Å². The van der Waals surface area contributed by atoms with Gasteiger partial charge in [-0.25, -0.2) is 15.3 Å². The lowest BCUT2D eigenvalue weighted by molar-refractivity contribution is -0.386. The number of nitrogens with zero attached hydrogens (tertiary/aromatic N) is 3. The van der Waals surface area contributed by atoms with Gasteiger partial charge >= 0.3 is 11.4 Å². The molecule has 0 aliphatic carbocycles. The fraction of sp³-hybridized carbons (Fsp3) is 0.214. The van der Waals surface area contributed by atoms with Crippen LogP contribution in [-0.4, -0.2) is 51.0 Å². The van der Waals surface area contributed by atoms with Gasteiger partial charge in [0.25, 0.3) is 5.56 Å². The Morgan fingerprint density at radius 1 is 1.46 bits per heavy atom. The van der Waals surface area contributed by atoms with Crippen molar-refractivity contribution in [3.63, 3.8) is 0 Å². The highest BCUT2D eigenvalue weighted by atomic mass is 16.6. The Hall–Kier alpha value is -4.23. The Kier molecular flexibility index (Phi) is 6.40. The lowest BCUT2D eigenvalue weighted by atomic mass is 10.2. The number of nitro benzene ring substituents is 1. The molecule has 28 heavy (non-hydrogen) atoms. The number of H-pyrrole nitrogens is 2. The normalized spacial score (nSPS) is 10.6. The quantitative estimate of drug-likeness (QED) is 0.212. The minimum atomic E-state index is -0.786. The van der Waals surface area contributed by atoms with Crippen LogP contribution >= 0.6 is 0 Å². The van der Waals surface area contributed by atoms with Crippen LogP contribution in [0, 0.1) is 10.1 Å². The van der Waals surface area contributed by atoms with E-state index in [1.165, 1.54) is 13.2 Å². The highest BCUT2D eigenvalue weighted by Gasteiger charge is 2.19. The summed E-state index contributed by atoms with van der Waals surface area (Å²) in [6.07, 6.45) is 1.05. The molecule has 1 heterocycles. The van der Waals surface area contributed by atoms with Crippen molar-refractivity contribution >= 4 is 23.6 Å². The number of aromatic nitrogens is 3. The van der Waals surface area contributed by atoms with E-state index in [0.29, 0.717) is 0 Å². The first kappa shape index (κ1) is 20.1. The highest BCUT2D eigenvalue weighted by Crippen LogP contribution is 2.36. The molecule has 1 amide bonds. The molecule has 1 aromatic heterocycles. The van der Waals surface area contributed by atoms with E-state index >= 15 is 0 Å². The molecule has 0 aliphatic rings. The Labute approximate surface area is 155 Å². The number of rotatable bonds is 8. The molecular formula is C14H15N7O7. The first-order chi connectivity index (χ1) is 13.3. The summed E-state index contributed by atoms with van der Waals surface area (Å²) in [5.41, 5.74) is 0.346. The molecule has 0 atom stereocenters. The van der Waals surface area contributed by atoms with Gasteiger partial charge in [0.15, 0.2) is 5.75 Å². The molecule has 2 aromatic rings. The van der Waals surface area contributed by atoms with Crippen LogP contribution in [0.3, 0.4) is 0 Å². The molecular weight excluding hydrogens is 378 g/mol. The molecule has 0 fully saturated rings. The molecule has 148 valence electrons. The molecule has 0 saturated carbocycles. The minimum absolute atomic E-state index is 0.0297. The summed E-state index contributed by atoms with van der Waals surface area (Å²) in [6.45, 7) is 0.0297. The maximum Gasteiger partial charge on any atom is 0.342 e. The SMILES string of the molecule is COc1cc(/C=N/NC(=O)CCNc2n[nH]c(=O)[nH]c2=O)cc([N+](=O)[O-])c1O. The van der Waals surface area contributed by atoms with E-state index in [0.717, 1.165) is 12.3 Å². The number of anilines is 1. The highest BCUT2D eigenvalue weighted by molar-refractivity contribution is 5.85. The Morgan fingerprint density at radius 2 is 2.21 bits per heavy atom. The van der Waals surface area contributed by atoms with E-state index in [-0.39, 0.29) is 30.1 Å². The number of hydrazone groups is 1. The smallest absolute Gasteiger partial charge is 0.342 e. The number of nitro groups is 1. The predicted molar refractivity (Wildman–Crippen MR) is 95.6 cm³/mol. The van der Waals surface area contributed by atoms with Gasteiger partial charge in [0.05, 0.1) is 18.2 Å². The summed E-state index contributed by atoms with van der Waals surface area (Å²) < 4.78 is 4.85. The van der Waals surface area contributed by atoms with E-state index in [9.17, 15) is 29.6 Å². The van der Waals surface area contributed by atoms with Crippen molar-refractivity contribution < 1.29 is 19.6 Å². The van der Waals surface area contributed by atoms with Gasteiger partial charge < -0.3 is 15.2 Å². The van der Waals surface area contributed by atoms with Crippen LogP contribution < -0.4 is 26.7 Å². The molecule has 5 N–H and O–H groups in total. The molecule has 0 bridgehead atoms. The van der Waals surface area contributed by atoms with Gasteiger partial charge in [-0.1, -0.05) is 0 Å². The third-order valence-corrected chi connectivity index (χ3v) is 3.25. The van der Waals surface area contributed by atoms with E-state index < -0.39 is 33.5 Å². The number of carbonyl (C=O) groups excluding carboxylic acids is 1. The largest absolute Gasteiger partial charge is 0.500 e. The molecule has 14 heteroatoms. The van der Waals surface area contributed by atoms with Crippen LogP contribution in [0.1, 0.15) is 12.0 Å². The first-order valence-corrected chi connectivity index (χ1v) is 7.62. The maximum atomic E-state index is 11.7. The number of ether oxygens (including phenoxy) is 1. The van der Waals surface area contributed by atoms with Crippen molar-refractivity contribution in [2.45, 2.75) is 6.42 Å². The van der Waals surface area contributed by atoms with Crippen molar-refractivity contribution in [3.05, 3.63) is 48.6 Å². The van der Waals surface area contributed by atoms with Crippen LogP contribution in [-0.2, 0) is 4.79 Å². The average molecular weight is 393 g/mol. The van der Waals surface area contributed by atoms with Crippen LogP contribution in [0.4, 0.5) is 11.5 Å². The van der Waals surface area contributed by atoms with Gasteiger partial charge in [0, 0.05) is 24.6 Å². The topological polar surface area (TPSA) is 205 Å². The number of methoxy groups -OCH3 is 1. The van der Waals surface area contributed by atoms with E-state index in [1.807, 2.05) is 10.1 Å². The Bertz CT molecular complexity index is 1030. The number of hydrogen-bond donors (Lipinski definition) is 5. The molecule has 0 aliphatic heterocycles. The van der Waals surface area contributed by atoms with Gasteiger partial charge in [-0.15, -0.1) is 5.10 Å². The number of hydrogen-bond acceptors (Lipinski definition) is 10. The molecule has 14 nitrogen and oxygen atoms in total. The number of benzene rings is 1. The molecule has 0 spiro atoms. The summed E-state index contributed by atoms with van der Waals surface area (Å²) in [4.78, 5) is 46.0. The Morgan fingerprint density at radius 3 is 2.86 bits per heavy atom. The predicted octanol–water partition coefficient (Wildman–Crippen LogP) is -0.967. The number of aromatic amines is 2. The maximum absolute atomic E-state index is 11.7. The zero-order valence-corrected chi connectivity index (χ0v) is 14.4.